The Labute approximate surface area is 632 Å². The van der Waals surface area contributed by atoms with Crippen molar-refractivity contribution >= 4 is 39.5 Å². The Balaban J connectivity index is 5.21. The van der Waals surface area contributed by atoms with Crippen LogP contribution in [0.15, 0.2) is 0 Å². The second kappa shape index (κ2) is 74.2. The summed E-state index contributed by atoms with van der Waals surface area (Å²) >= 11 is 0. The minimum absolute atomic E-state index is 0.105. The molecule has 0 spiro atoms. The zero-order valence-corrected chi connectivity index (χ0v) is 69.6. The van der Waals surface area contributed by atoms with Crippen molar-refractivity contribution in [3.63, 3.8) is 0 Å². The Hall–Kier alpha value is -1.94. The number of rotatable bonds is 82. The van der Waals surface area contributed by atoms with Crippen molar-refractivity contribution in [3.8, 4) is 0 Å². The number of aliphatic hydroxyl groups excluding tert-OH is 1. The molecule has 0 radical (unpaired) electrons. The van der Waals surface area contributed by atoms with Gasteiger partial charge < -0.3 is 33.8 Å². The minimum Gasteiger partial charge on any atom is -0.462 e. The van der Waals surface area contributed by atoms with Crippen LogP contribution in [-0.2, 0) is 65.4 Å². The number of carbonyl (C=O) groups is 4. The Morgan fingerprint density at radius 2 is 0.447 bits per heavy atom. The van der Waals surface area contributed by atoms with Gasteiger partial charge >= 0.3 is 39.5 Å². The zero-order chi connectivity index (χ0) is 75.8. The van der Waals surface area contributed by atoms with Crippen molar-refractivity contribution in [1.29, 1.82) is 0 Å². The third kappa shape index (κ3) is 78.0. The minimum atomic E-state index is -4.96. The van der Waals surface area contributed by atoms with Crippen LogP contribution in [0.25, 0.3) is 0 Å². The lowest BCUT2D eigenvalue weighted by Crippen LogP contribution is -2.30. The van der Waals surface area contributed by atoms with Crippen molar-refractivity contribution in [2.45, 2.75) is 458 Å². The van der Waals surface area contributed by atoms with Gasteiger partial charge in [0.15, 0.2) is 12.2 Å². The van der Waals surface area contributed by atoms with Gasteiger partial charge in [0.05, 0.1) is 26.4 Å². The van der Waals surface area contributed by atoms with E-state index in [1.54, 1.807) is 0 Å². The first-order chi connectivity index (χ1) is 49.7. The van der Waals surface area contributed by atoms with Gasteiger partial charge in [-0.3, -0.25) is 37.3 Å². The van der Waals surface area contributed by atoms with Crippen LogP contribution in [0.2, 0.25) is 0 Å². The molecule has 0 aliphatic heterocycles. The highest BCUT2D eigenvalue weighted by Crippen LogP contribution is 2.45. The van der Waals surface area contributed by atoms with E-state index in [0.29, 0.717) is 25.7 Å². The molecule has 0 rings (SSSR count). The lowest BCUT2D eigenvalue weighted by atomic mass is 10.0. The summed E-state index contributed by atoms with van der Waals surface area (Å²) in [7, 11) is -9.92. The molecule has 0 amide bonds. The molecule has 3 N–H and O–H groups in total. The van der Waals surface area contributed by atoms with Gasteiger partial charge in [-0.05, 0) is 43.4 Å². The first kappa shape index (κ1) is 101. The van der Waals surface area contributed by atoms with Crippen LogP contribution in [-0.4, -0.2) is 96.7 Å². The van der Waals surface area contributed by atoms with Crippen LogP contribution < -0.4 is 0 Å². The smallest absolute Gasteiger partial charge is 0.462 e. The lowest BCUT2D eigenvalue weighted by Gasteiger charge is -2.21. The number of unbranched alkanes of at least 4 members (excludes halogenated alkanes) is 50. The highest BCUT2D eigenvalue weighted by Gasteiger charge is 2.30. The maximum Gasteiger partial charge on any atom is 0.472 e. The third-order valence-electron chi connectivity index (χ3n) is 19.6. The summed E-state index contributed by atoms with van der Waals surface area (Å²) in [5.41, 5.74) is 0. The van der Waals surface area contributed by atoms with Crippen molar-refractivity contribution in [2.24, 2.45) is 17.8 Å². The molecule has 0 aromatic carbocycles. The SMILES string of the molecule is CCCCCCCCCCCCCCCCCCCCCCCCC(=O)O[C@H](COC(=O)CCCCCCCCCCCCCCCCCC(C)C)COP(=O)(O)OC[C@@H](O)COP(=O)(O)OC[C@@H](COC(=O)CCCCCCCCCCC(C)C)OC(=O)CCCCCCCCCCCC(C)C. The molecule has 0 aromatic rings. The van der Waals surface area contributed by atoms with E-state index < -0.39 is 97.5 Å². The van der Waals surface area contributed by atoms with Crippen molar-refractivity contribution < 1.29 is 80.2 Å². The molecule has 19 heteroatoms. The maximum atomic E-state index is 13.1. The van der Waals surface area contributed by atoms with E-state index in [4.69, 9.17) is 37.0 Å². The van der Waals surface area contributed by atoms with Crippen molar-refractivity contribution in [2.75, 3.05) is 39.6 Å². The number of carbonyl (C=O) groups excluding carboxylic acids is 4. The van der Waals surface area contributed by atoms with Crippen LogP contribution in [0.1, 0.15) is 440 Å². The highest BCUT2D eigenvalue weighted by atomic mass is 31.2. The fourth-order valence-corrected chi connectivity index (χ4v) is 14.6. The second-order valence-electron chi connectivity index (χ2n) is 31.6. The summed E-state index contributed by atoms with van der Waals surface area (Å²) in [4.78, 5) is 73.1. The van der Waals surface area contributed by atoms with E-state index in [1.165, 1.54) is 250 Å². The molecule has 0 aromatic heterocycles. The summed E-state index contributed by atoms with van der Waals surface area (Å²) in [5, 5.41) is 10.7. The Morgan fingerprint density at radius 1 is 0.262 bits per heavy atom. The summed E-state index contributed by atoms with van der Waals surface area (Å²) in [6.45, 7) is 11.9. The van der Waals surface area contributed by atoms with Gasteiger partial charge in [-0.15, -0.1) is 0 Å². The number of ether oxygens (including phenoxy) is 4. The average molecular weight is 1510 g/mol. The molecule has 2 unspecified atom stereocenters. The maximum absolute atomic E-state index is 13.1. The summed E-state index contributed by atoms with van der Waals surface area (Å²) in [6, 6.07) is 0. The highest BCUT2D eigenvalue weighted by molar-refractivity contribution is 7.47. The largest absolute Gasteiger partial charge is 0.472 e. The second-order valence-corrected chi connectivity index (χ2v) is 34.6. The zero-order valence-electron chi connectivity index (χ0n) is 67.8. The van der Waals surface area contributed by atoms with E-state index in [2.05, 4.69) is 48.5 Å². The fraction of sp³-hybridized carbons (Fsp3) is 0.952. The Kier molecular flexibility index (Phi) is 72.8. The monoisotopic (exact) mass is 1510 g/mol. The Morgan fingerprint density at radius 3 is 0.660 bits per heavy atom. The van der Waals surface area contributed by atoms with Gasteiger partial charge in [-0.25, -0.2) is 9.13 Å². The van der Waals surface area contributed by atoms with Crippen LogP contribution in [0.5, 0.6) is 0 Å². The molecule has 5 atom stereocenters. The Bertz CT molecular complexity index is 1990. The lowest BCUT2D eigenvalue weighted by molar-refractivity contribution is -0.161. The van der Waals surface area contributed by atoms with E-state index >= 15 is 0 Å². The number of phosphoric ester groups is 2. The van der Waals surface area contributed by atoms with Gasteiger partial charge in [0.1, 0.15) is 19.3 Å². The molecule has 0 saturated heterocycles. The van der Waals surface area contributed by atoms with Crippen LogP contribution in [0.4, 0.5) is 0 Å². The molecule has 0 saturated carbocycles. The molecule has 17 nitrogen and oxygen atoms in total. The van der Waals surface area contributed by atoms with Gasteiger partial charge in [-0.1, -0.05) is 389 Å². The van der Waals surface area contributed by atoms with Crippen molar-refractivity contribution in [3.05, 3.63) is 0 Å². The molecule has 103 heavy (non-hydrogen) atoms. The third-order valence-corrected chi connectivity index (χ3v) is 21.5. The normalized spacial score (nSPS) is 13.9. The predicted molar refractivity (Wildman–Crippen MR) is 423 cm³/mol. The first-order valence-corrected chi connectivity index (χ1v) is 46.3. The molecule has 0 bridgehead atoms. The van der Waals surface area contributed by atoms with Crippen LogP contribution in [0.3, 0.4) is 0 Å². The first-order valence-electron chi connectivity index (χ1n) is 43.3. The van der Waals surface area contributed by atoms with E-state index in [9.17, 15) is 43.2 Å². The molecule has 0 aliphatic rings. The topological polar surface area (TPSA) is 237 Å². The van der Waals surface area contributed by atoms with Gasteiger partial charge in [0.25, 0.3) is 0 Å². The van der Waals surface area contributed by atoms with Crippen LogP contribution >= 0.6 is 15.6 Å². The number of esters is 4. The predicted octanol–water partition coefficient (Wildman–Crippen LogP) is 25.3. The number of aliphatic hydroxyl groups is 1. The van der Waals surface area contributed by atoms with E-state index in [1.807, 2.05) is 0 Å². The molecule has 0 heterocycles. The molecular weight excluding hydrogens is 1340 g/mol. The number of phosphoric acid groups is 2. The fourth-order valence-electron chi connectivity index (χ4n) is 13.0. The summed E-state index contributed by atoms with van der Waals surface area (Å²) in [6.07, 6.45) is 64.1. The quantitative estimate of drug-likeness (QED) is 0.0222. The van der Waals surface area contributed by atoms with Gasteiger partial charge in [0, 0.05) is 25.7 Å². The molecule has 0 fully saturated rings. The number of hydrogen-bond donors (Lipinski definition) is 3. The summed E-state index contributed by atoms with van der Waals surface area (Å²) < 4.78 is 68.8. The standard InChI is InChI=1S/C84H164O17P2/c1-8-9-10-11-12-13-14-15-16-17-18-19-20-21-22-25-29-32-37-46-53-60-67-83(88)100-79(71-94-81(86)65-58-51-44-36-31-28-26-23-24-27-30-34-41-48-55-62-75(2)3)73-98-102(90,91)96-69-78(85)70-97-103(92,93)99-74-80(72-95-82(87)66-59-52-45-40-39-43-50-57-64-77(6)7)101-84(89)68-61-54-47-38-33-35-42-49-56-63-76(4)5/h75-80,85H,8-74H2,1-7H3,(H,90,91)(H,92,93)/t78-,79-,80-/m1/s1. The molecule has 0 aliphatic carbocycles. The average Bonchev–Trinajstić information content (AvgIpc) is 0.909. The van der Waals surface area contributed by atoms with Gasteiger partial charge in [0.2, 0.25) is 0 Å². The van der Waals surface area contributed by atoms with E-state index in [-0.39, 0.29) is 25.7 Å². The number of hydrogen-bond acceptors (Lipinski definition) is 15. The van der Waals surface area contributed by atoms with E-state index in [0.717, 1.165) is 108 Å². The van der Waals surface area contributed by atoms with Gasteiger partial charge in [-0.2, -0.15) is 0 Å². The molecular formula is C84H164O17P2. The summed E-state index contributed by atoms with van der Waals surface area (Å²) in [5.74, 6) is 0.159. The molecule has 612 valence electrons. The van der Waals surface area contributed by atoms with Crippen LogP contribution in [0, 0.1) is 17.8 Å². The van der Waals surface area contributed by atoms with Crippen molar-refractivity contribution in [1.82, 2.24) is 0 Å².